The van der Waals surface area contributed by atoms with Gasteiger partial charge in [0, 0.05) is 17.7 Å². The van der Waals surface area contributed by atoms with E-state index in [-0.39, 0.29) is 5.94 Å². The summed E-state index contributed by atoms with van der Waals surface area (Å²) < 4.78 is 5.75. The van der Waals surface area contributed by atoms with Crippen molar-refractivity contribution in [1.82, 2.24) is 5.32 Å². The first-order chi connectivity index (χ1) is 9.15. The van der Waals surface area contributed by atoms with Crippen molar-refractivity contribution in [2.24, 2.45) is 0 Å². The van der Waals surface area contributed by atoms with Gasteiger partial charge in [0.05, 0.1) is 0 Å². The lowest BCUT2D eigenvalue weighted by atomic mass is 9.78. The molecular formula is C16H21BNO. The van der Waals surface area contributed by atoms with Gasteiger partial charge in [-0.15, -0.1) is 6.58 Å². The van der Waals surface area contributed by atoms with Crippen molar-refractivity contribution in [2.75, 3.05) is 0 Å². The summed E-state index contributed by atoms with van der Waals surface area (Å²) in [6.07, 6.45) is 3.37. The maximum atomic E-state index is 5.75. The van der Waals surface area contributed by atoms with Gasteiger partial charge >= 0.3 is 7.48 Å². The van der Waals surface area contributed by atoms with Gasteiger partial charge in [0.1, 0.15) is 0 Å². The minimum absolute atomic E-state index is 0.245. The Kier molecular flexibility index (Phi) is 4.86. The summed E-state index contributed by atoms with van der Waals surface area (Å²) in [5, 5.41) is 3.41. The lowest BCUT2D eigenvalue weighted by Crippen LogP contribution is -2.41. The Hall–Kier alpha value is -1.48. The first-order valence-corrected chi connectivity index (χ1v) is 6.79. The van der Waals surface area contributed by atoms with Crippen molar-refractivity contribution in [3.05, 3.63) is 54.6 Å². The third kappa shape index (κ3) is 4.28. The highest BCUT2D eigenvalue weighted by Gasteiger charge is 2.23. The van der Waals surface area contributed by atoms with E-state index in [1.54, 1.807) is 0 Å². The van der Waals surface area contributed by atoms with E-state index in [1.807, 2.05) is 32.6 Å². The largest absolute Gasteiger partial charge is 0.435 e. The first kappa shape index (κ1) is 13.9. The van der Waals surface area contributed by atoms with Crippen LogP contribution in [0.1, 0.15) is 31.7 Å². The molecule has 1 aliphatic heterocycles. The second-order valence-corrected chi connectivity index (χ2v) is 5.23. The van der Waals surface area contributed by atoms with E-state index in [1.165, 1.54) is 5.57 Å². The van der Waals surface area contributed by atoms with Crippen molar-refractivity contribution >= 4 is 13.2 Å². The zero-order chi connectivity index (χ0) is 13.7. The molecule has 0 spiro atoms. The maximum absolute atomic E-state index is 5.75. The predicted molar refractivity (Wildman–Crippen MR) is 81.7 cm³/mol. The summed E-state index contributed by atoms with van der Waals surface area (Å²) in [4.78, 5) is 0. The fourth-order valence-corrected chi connectivity index (χ4v) is 2.30. The second kappa shape index (κ2) is 6.62. The Morgan fingerprint density at radius 3 is 2.63 bits per heavy atom. The molecule has 1 N–H and O–H groups in total. The minimum Gasteiger partial charge on any atom is -0.435 e. The SMILES string of the molecule is C=C(C)CC1CCC(NC(=C)c2ccccc2)[B]O1. The van der Waals surface area contributed by atoms with Crippen molar-refractivity contribution < 1.29 is 4.65 Å². The van der Waals surface area contributed by atoms with Gasteiger partial charge < -0.3 is 9.97 Å². The molecule has 0 amide bonds. The third-order valence-electron chi connectivity index (χ3n) is 3.29. The summed E-state index contributed by atoms with van der Waals surface area (Å²) in [5.74, 6) is 0.245. The van der Waals surface area contributed by atoms with Crippen LogP contribution < -0.4 is 5.32 Å². The highest BCUT2D eigenvalue weighted by molar-refractivity contribution is 6.30. The van der Waals surface area contributed by atoms with E-state index in [4.69, 9.17) is 4.65 Å². The number of nitrogens with one attached hydrogen (secondary N) is 1. The molecule has 19 heavy (non-hydrogen) atoms. The summed E-state index contributed by atoms with van der Waals surface area (Å²) >= 11 is 0. The molecule has 1 radical (unpaired) electrons. The predicted octanol–water partition coefficient (Wildman–Crippen LogP) is 3.34. The van der Waals surface area contributed by atoms with Crippen LogP contribution >= 0.6 is 0 Å². The van der Waals surface area contributed by atoms with Crippen molar-refractivity contribution in [3.8, 4) is 0 Å². The van der Waals surface area contributed by atoms with Gasteiger partial charge in [0.25, 0.3) is 0 Å². The number of hydrogen-bond donors (Lipinski definition) is 1. The number of benzene rings is 1. The zero-order valence-electron chi connectivity index (χ0n) is 11.6. The Morgan fingerprint density at radius 1 is 1.32 bits per heavy atom. The molecule has 3 heteroatoms. The van der Waals surface area contributed by atoms with Crippen molar-refractivity contribution in [3.63, 3.8) is 0 Å². The van der Waals surface area contributed by atoms with Crippen LogP contribution in [0.25, 0.3) is 5.70 Å². The zero-order valence-corrected chi connectivity index (χ0v) is 11.6. The van der Waals surface area contributed by atoms with Crippen LogP contribution in [0.15, 0.2) is 49.1 Å². The van der Waals surface area contributed by atoms with Crippen LogP contribution in [-0.4, -0.2) is 19.5 Å². The van der Waals surface area contributed by atoms with Gasteiger partial charge in [-0.1, -0.05) is 42.5 Å². The highest BCUT2D eigenvalue weighted by Crippen LogP contribution is 2.19. The van der Waals surface area contributed by atoms with E-state index in [0.29, 0.717) is 6.10 Å². The molecule has 1 aliphatic rings. The second-order valence-electron chi connectivity index (χ2n) is 5.23. The minimum atomic E-state index is 0.245. The fraction of sp³-hybridized carbons (Fsp3) is 0.375. The monoisotopic (exact) mass is 254 g/mol. The molecule has 1 aromatic rings. The number of rotatable bonds is 5. The normalized spacial score (nSPS) is 22.4. The van der Waals surface area contributed by atoms with E-state index < -0.39 is 0 Å². The van der Waals surface area contributed by atoms with Gasteiger partial charge in [-0.3, -0.25) is 0 Å². The van der Waals surface area contributed by atoms with Crippen molar-refractivity contribution in [2.45, 2.75) is 38.2 Å². The first-order valence-electron chi connectivity index (χ1n) is 6.79. The topological polar surface area (TPSA) is 21.3 Å². The fourth-order valence-electron chi connectivity index (χ4n) is 2.30. The molecule has 2 rings (SSSR count). The lowest BCUT2D eigenvalue weighted by Gasteiger charge is -2.30. The summed E-state index contributed by atoms with van der Waals surface area (Å²) in [6.45, 7) is 10.1. The Bertz CT molecular complexity index is 435. The molecule has 1 aromatic carbocycles. The average molecular weight is 254 g/mol. The molecular weight excluding hydrogens is 233 g/mol. The molecule has 0 bridgehead atoms. The van der Waals surface area contributed by atoms with Gasteiger partial charge in [0.2, 0.25) is 0 Å². The standard InChI is InChI=1S/C16H21BNO/c1-12(2)11-15-9-10-16(17-19-15)18-13(3)14-7-5-4-6-8-14/h4-8,15-16,18H,1,3,9-11H2,2H3. The summed E-state index contributed by atoms with van der Waals surface area (Å²) in [7, 11) is 1.91. The van der Waals surface area contributed by atoms with Crippen LogP contribution in [0.5, 0.6) is 0 Å². The molecule has 2 nitrogen and oxygen atoms in total. The molecule has 0 aromatic heterocycles. The lowest BCUT2D eigenvalue weighted by molar-refractivity contribution is 0.169. The molecule has 2 unspecified atom stereocenters. The van der Waals surface area contributed by atoms with Gasteiger partial charge in [0.15, 0.2) is 0 Å². The maximum Gasteiger partial charge on any atom is 0.316 e. The van der Waals surface area contributed by atoms with Crippen LogP contribution in [0.2, 0.25) is 0 Å². The Morgan fingerprint density at radius 2 is 2.05 bits per heavy atom. The molecule has 99 valence electrons. The Balaban J connectivity index is 1.80. The molecule has 0 saturated carbocycles. The molecule has 0 aliphatic carbocycles. The molecule has 1 fully saturated rings. The Labute approximate surface area is 116 Å². The number of hydrogen-bond acceptors (Lipinski definition) is 2. The van der Waals surface area contributed by atoms with Crippen molar-refractivity contribution in [1.29, 1.82) is 0 Å². The van der Waals surface area contributed by atoms with Crippen LogP contribution in [0.4, 0.5) is 0 Å². The summed E-state index contributed by atoms with van der Waals surface area (Å²) in [5.41, 5.74) is 3.25. The molecule has 1 heterocycles. The van der Waals surface area contributed by atoms with E-state index in [9.17, 15) is 0 Å². The van der Waals surface area contributed by atoms with Crippen LogP contribution in [-0.2, 0) is 4.65 Å². The van der Waals surface area contributed by atoms with E-state index in [2.05, 4.69) is 30.6 Å². The van der Waals surface area contributed by atoms with Gasteiger partial charge in [-0.25, -0.2) is 0 Å². The smallest absolute Gasteiger partial charge is 0.316 e. The average Bonchev–Trinajstić information content (AvgIpc) is 2.41. The van der Waals surface area contributed by atoms with Gasteiger partial charge in [-0.05, 0) is 31.7 Å². The third-order valence-corrected chi connectivity index (χ3v) is 3.29. The van der Waals surface area contributed by atoms with E-state index in [0.717, 1.165) is 30.5 Å². The molecule has 1 saturated heterocycles. The van der Waals surface area contributed by atoms with E-state index >= 15 is 0 Å². The molecule has 2 atom stereocenters. The highest BCUT2D eigenvalue weighted by atomic mass is 16.4. The van der Waals surface area contributed by atoms with Gasteiger partial charge in [-0.2, -0.15) is 0 Å². The van der Waals surface area contributed by atoms with Crippen LogP contribution in [0.3, 0.4) is 0 Å². The quantitative estimate of drug-likeness (QED) is 0.642. The summed E-state index contributed by atoms with van der Waals surface area (Å²) in [6, 6.07) is 10.2. The van der Waals surface area contributed by atoms with Crippen LogP contribution in [0, 0.1) is 0 Å².